The summed E-state index contributed by atoms with van der Waals surface area (Å²) >= 11 is 0. The Labute approximate surface area is 94.2 Å². The summed E-state index contributed by atoms with van der Waals surface area (Å²) in [5.41, 5.74) is 0.664. The minimum absolute atomic E-state index is 0.523. The Kier molecular flexibility index (Phi) is 4.44. The second-order valence-corrected chi connectivity index (χ2v) is 3.79. The van der Waals surface area contributed by atoms with Crippen LogP contribution in [-0.2, 0) is 4.79 Å². The second kappa shape index (κ2) is 5.85. The molecule has 1 rings (SSSR count). The van der Waals surface area contributed by atoms with Crippen molar-refractivity contribution in [2.75, 3.05) is 11.9 Å². The normalized spacial score (nSPS) is 10.9. The third-order valence-electron chi connectivity index (χ3n) is 1.76. The van der Waals surface area contributed by atoms with E-state index in [4.69, 9.17) is 5.11 Å². The van der Waals surface area contributed by atoms with E-state index in [-0.39, 0.29) is 0 Å². The van der Waals surface area contributed by atoms with Gasteiger partial charge < -0.3 is 10.4 Å². The predicted molar refractivity (Wildman–Crippen MR) is 62.0 cm³/mol. The molecule has 1 aromatic rings. The molecular formula is C11H15N3O2. The monoisotopic (exact) mass is 221 g/mol. The lowest BCUT2D eigenvalue weighted by molar-refractivity contribution is -0.131. The first kappa shape index (κ1) is 12.2. The predicted octanol–water partition coefficient (Wildman–Crippen LogP) is 1.64. The van der Waals surface area contributed by atoms with E-state index >= 15 is 0 Å². The quantitative estimate of drug-likeness (QED) is 0.739. The fraction of sp³-hybridized carbons (Fsp3) is 0.364. The maximum absolute atomic E-state index is 10.3. The van der Waals surface area contributed by atoms with Gasteiger partial charge in [-0.2, -0.15) is 0 Å². The number of hydrogen-bond acceptors (Lipinski definition) is 4. The maximum atomic E-state index is 10.3. The number of rotatable bonds is 5. The van der Waals surface area contributed by atoms with Crippen LogP contribution in [0.5, 0.6) is 0 Å². The molecule has 5 nitrogen and oxygen atoms in total. The molecular weight excluding hydrogens is 206 g/mol. The summed E-state index contributed by atoms with van der Waals surface area (Å²) in [5.74, 6) is 0.0957. The van der Waals surface area contributed by atoms with Crippen molar-refractivity contribution in [1.29, 1.82) is 0 Å². The molecule has 0 radical (unpaired) electrons. The summed E-state index contributed by atoms with van der Waals surface area (Å²) in [5, 5.41) is 11.5. The maximum Gasteiger partial charge on any atom is 0.328 e. The minimum Gasteiger partial charge on any atom is -0.478 e. The van der Waals surface area contributed by atoms with Gasteiger partial charge >= 0.3 is 5.97 Å². The molecule has 0 amide bonds. The molecule has 0 aromatic carbocycles. The van der Waals surface area contributed by atoms with Crippen molar-refractivity contribution in [2.45, 2.75) is 13.8 Å². The van der Waals surface area contributed by atoms with E-state index in [1.54, 1.807) is 12.4 Å². The van der Waals surface area contributed by atoms with Gasteiger partial charge in [-0.1, -0.05) is 13.8 Å². The third kappa shape index (κ3) is 4.54. The van der Waals surface area contributed by atoms with Crippen molar-refractivity contribution < 1.29 is 9.90 Å². The van der Waals surface area contributed by atoms with Crippen LogP contribution in [0.3, 0.4) is 0 Å². The number of anilines is 1. The topological polar surface area (TPSA) is 75.1 Å². The van der Waals surface area contributed by atoms with Crippen LogP contribution in [0, 0.1) is 5.92 Å². The van der Waals surface area contributed by atoms with Gasteiger partial charge in [0, 0.05) is 30.6 Å². The average molecular weight is 221 g/mol. The number of aromatic nitrogens is 2. The number of nitrogens with one attached hydrogen (secondary N) is 1. The zero-order valence-electron chi connectivity index (χ0n) is 9.34. The number of aliphatic carboxylic acids is 1. The van der Waals surface area contributed by atoms with Crippen molar-refractivity contribution >= 4 is 18.0 Å². The SMILES string of the molecule is CC(C)CNc1ncc(/C=C/C(=O)O)cn1. The lowest BCUT2D eigenvalue weighted by atomic mass is 10.2. The van der Waals surface area contributed by atoms with Gasteiger partial charge in [0.1, 0.15) is 0 Å². The van der Waals surface area contributed by atoms with Gasteiger partial charge in [-0.25, -0.2) is 14.8 Å². The second-order valence-electron chi connectivity index (χ2n) is 3.79. The fourth-order valence-corrected chi connectivity index (χ4v) is 0.978. The largest absolute Gasteiger partial charge is 0.478 e. The Morgan fingerprint density at radius 2 is 2.12 bits per heavy atom. The van der Waals surface area contributed by atoms with E-state index in [9.17, 15) is 4.79 Å². The molecule has 86 valence electrons. The molecule has 0 bridgehead atoms. The van der Waals surface area contributed by atoms with E-state index in [0.717, 1.165) is 12.6 Å². The molecule has 0 aliphatic rings. The Morgan fingerprint density at radius 3 is 2.62 bits per heavy atom. The molecule has 0 fully saturated rings. The number of carboxylic acids is 1. The van der Waals surface area contributed by atoms with Crippen LogP contribution in [0.25, 0.3) is 6.08 Å². The minimum atomic E-state index is -0.984. The van der Waals surface area contributed by atoms with E-state index in [0.29, 0.717) is 17.4 Å². The van der Waals surface area contributed by atoms with Crippen LogP contribution in [0.4, 0.5) is 5.95 Å². The van der Waals surface area contributed by atoms with Crippen molar-refractivity contribution in [3.63, 3.8) is 0 Å². The lowest BCUT2D eigenvalue weighted by Gasteiger charge is -2.06. The highest BCUT2D eigenvalue weighted by Gasteiger charge is 1.97. The number of hydrogen-bond donors (Lipinski definition) is 2. The zero-order chi connectivity index (χ0) is 12.0. The van der Waals surface area contributed by atoms with Crippen molar-refractivity contribution in [3.8, 4) is 0 Å². The first-order valence-corrected chi connectivity index (χ1v) is 5.05. The van der Waals surface area contributed by atoms with Crippen LogP contribution in [0.15, 0.2) is 18.5 Å². The number of carboxylic acid groups (broad SMARTS) is 1. The van der Waals surface area contributed by atoms with Crippen LogP contribution in [0.1, 0.15) is 19.4 Å². The fourth-order valence-electron chi connectivity index (χ4n) is 0.978. The smallest absolute Gasteiger partial charge is 0.328 e. The molecule has 0 spiro atoms. The highest BCUT2D eigenvalue weighted by Crippen LogP contribution is 2.03. The summed E-state index contributed by atoms with van der Waals surface area (Å²) in [7, 11) is 0. The molecule has 5 heteroatoms. The highest BCUT2D eigenvalue weighted by molar-refractivity contribution is 5.85. The van der Waals surface area contributed by atoms with Gasteiger partial charge in [0.2, 0.25) is 5.95 Å². The molecule has 1 aromatic heterocycles. The molecule has 1 heterocycles. The van der Waals surface area contributed by atoms with Crippen molar-refractivity contribution in [1.82, 2.24) is 9.97 Å². The molecule has 0 atom stereocenters. The van der Waals surface area contributed by atoms with Gasteiger partial charge in [-0.05, 0) is 12.0 Å². The summed E-state index contributed by atoms with van der Waals surface area (Å²) in [4.78, 5) is 18.4. The Morgan fingerprint density at radius 1 is 1.50 bits per heavy atom. The average Bonchev–Trinajstić information content (AvgIpc) is 2.25. The molecule has 0 aliphatic carbocycles. The summed E-state index contributed by atoms with van der Waals surface area (Å²) in [6.07, 6.45) is 5.67. The van der Waals surface area contributed by atoms with Gasteiger partial charge in [0.25, 0.3) is 0 Å². The number of carbonyl (C=O) groups is 1. The molecule has 0 unspecified atom stereocenters. The van der Waals surface area contributed by atoms with Crippen LogP contribution < -0.4 is 5.32 Å². The molecule has 0 saturated heterocycles. The van der Waals surface area contributed by atoms with Crippen LogP contribution >= 0.6 is 0 Å². The van der Waals surface area contributed by atoms with E-state index in [1.165, 1.54) is 6.08 Å². The molecule has 16 heavy (non-hydrogen) atoms. The third-order valence-corrected chi connectivity index (χ3v) is 1.76. The lowest BCUT2D eigenvalue weighted by Crippen LogP contribution is -2.10. The summed E-state index contributed by atoms with van der Waals surface area (Å²) in [6, 6.07) is 0. The van der Waals surface area contributed by atoms with Crippen LogP contribution in [-0.4, -0.2) is 27.6 Å². The standard InChI is InChI=1S/C11H15N3O2/c1-8(2)5-12-11-13-6-9(7-14-11)3-4-10(15)16/h3-4,6-8H,5H2,1-2H3,(H,15,16)(H,12,13,14)/b4-3+. The van der Waals surface area contributed by atoms with Gasteiger partial charge in [-0.3, -0.25) is 0 Å². The number of nitrogens with zero attached hydrogens (tertiary/aromatic N) is 2. The van der Waals surface area contributed by atoms with Crippen molar-refractivity contribution in [3.05, 3.63) is 24.0 Å². The zero-order valence-corrected chi connectivity index (χ0v) is 9.34. The van der Waals surface area contributed by atoms with Gasteiger partial charge in [0.05, 0.1) is 0 Å². The first-order valence-electron chi connectivity index (χ1n) is 5.05. The first-order chi connectivity index (χ1) is 7.58. The van der Waals surface area contributed by atoms with E-state index in [1.807, 2.05) is 0 Å². The van der Waals surface area contributed by atoms with E-state index < -0.39 is 5.97 Å². The Bertz CT molecular complexity index is 371. The van der Waals surface area contributed by atoms with Crippen molar-refractivity contribution in [2.24, 2.45) is 5.92 Å². The Balaban J connectivity index is 2.57. The summed E-state index contributed by atoms with van der Waals surface area (Å²) in [6.45, 7) is 5.00. The molecule has 0 aliphatic heterocycles. The summed E-state index contributed by atoms with van der Waals surface area (Å²) < 4.78 is 0. The Hall–Kier alpha value is -1.91. The van der Waals surface area contributed by atoms with Crippen LogP contribution in [0.2, 0.25) is 0 Å². The molecule has 0 saturated carbocycles. The highest BCUT2D eigenvalue weighted by atomic mass is 16.4. The van der Waals surface area contributed by atoms with Gasteiger partial charge in [0.15, 0.2) is 0 Å². The van der Waals surface area contributed by atoms with Gasteiger partial charge in [-0.15, -0.1) is 0 Å². The molecule has 2 N–H and O–H groups in total. The van der Waals surface area contributed by atoms with E-state index in [2.05, 4.69) is 29.1 Å².